The maximum atomic E-state index is 8.47. The van der Waals surface area contributed by atoms with Gasteiger partial charge in [-0.25, -0.2) is 0 Å². The summed E-state index contributed by atoms with van der Waals surface area (Å²) in [4.78, 5) is 0. The molecule has 0 spiro atoms. The molecule has 1 aliphatic carbocycles. The molecule has 1 heterocycles. The van der Waals surface area contributed by atoms with Crippen LogP contribution in [-0.2, 0) is 6.54 Å². The summed E-state index contributed by atoms with van der Waals surface area (Å²) in [6.45, 7) is 0.988. The van der Waals surface area contributed by atoms with E-state index in [9.17, 15) is 0 Å². The van der Waals surface area contributed by atoms with E-state index < -0.39 is 0 Å². The summed E-state index contributed by atoms with van der Waals surface area (Å²) in [7, 11) is 0. The van der Waals surface area contributed by atoms with Gasteiger partial charge in [-0.3, -0.25) is 4.68 Å². The van der Waals surface area contributed by atoms with Crippen LogP contribution in [0.5, 0.6) is 0 Å². The molecule has 0 atom stereocenters. The molecule has 0 N–H and O–H groups in total. The van der Waals surface area contributed by atoms with Gasteiger partial charge in [-0.1, -0.05) is 0 Å². The molecule has 0 unspecified atom stereocenters. The minimum Gasteiger partial charge on any atom is -0.271 e. The second kappa shape index (κ2) is 2.39. The van der Waals surface area contributed by atoms with Crippen LogP contribution >= 0.6 is 0 Å². The highest BCUT2D eigenvalue weighted by molar-refractivity contribution is 5.16. The molecule has 56 valence electrons. The van der Waals surface area contributed by atoms with Crippen LogP contribution in [0.2, 0.25) is 0 Å². The summed E-state index contributed by atoms with van der Waals surface area (Å²) < 4.78 is 1.86. The van der Waals surface area contributed by atoms with Crippen molar-refractivity contribution in [3.05, 3.63) is 18.0 Å². The number of hydrogen-bond acceptors (Lipinski definition) is 2. The first-order valence-corrected chi connectivity index (χ1v) is 3.82. The summed E-state index contributed by atoms with van der Waals surface area (Å²) in [5.41, 5.74) is 0.519. The van der Waals surface area contributed by atoms with Crippen molar-refractivity contribution in [1.29, 1.82) is 5.26 Å². The maximum absolute atomic E-state index is 8.47. The lowest BCUT2D eigenvalue weighted by atomic mass is 10.4. The van der Waals surface area contributed by atoms with Crippen LogP contribution in [0.4, 0.5) is 0 Å². The molecule has 0 aromatic carbocycles. The van der Waals surface area contributed by atoms with E-state index in [0.29, 0.717) is 5.69 Å². The average molecular weight is 147 g/mol. The first kappa shape index (κ1) is 6.41. The number of nitrogens with zero attached hydrogens (tertiary/aromatic N) is 3. The van der Waals surface area contributed by atoms with Gasteiger partial charge in [0.2, 0.25) is 0 Å². The van der Waals surface area contributed by atoms with Crippen LogP contribution < -0.4 is 0 Å². The van der Waals surface area contributed by atoms with Crippen LogP contribution in [0.15, 0.2) is 12.3 Å². The van der Waals surface area contributed by atoms with Gasteiger partial charge in [-0.2, -0.15) is 10.4 Å². The van der Waals surface area contributed by atoms with Crippen molar-refractivity contribution < 1.29 is 0 Å². The summed E-state index contributed by atoms with van der Waals surface area (Å²) >= 11 is 0. The Balaban J connectivity index is 2.07. The predicted octanol–water partition coefficient (Wildman–Crippen LogP) is 1.16. The summed E-state index contributed by atoms with van der Waals surface area (Å²) in [6.07, 6.45) is 4.51. The molecule has 1 aromatic heterocycles. The SMILES string of the molecule is N#Cc1ccn(CC2CC2)n1. The Hall–Kier alpha value is -1.30. The van der Waals surface area contributed by atoms with Crippen molar-refractivity contribution in [2.75, 3.05) is 0 Å². The van der Waals surface area contributed by atoms with Gasteiger partial charge in [-0.05, 0) is 24.8 Å². The summed E-state index contributed by atoms with van der Waals surface area (Å²) in [5.74, 6) is 0.821. The standard InChI is InChI=1S/C8H9N3/c9-5-8-3-4-11(10-8)6-7-1-2-7/h3-4,7H,1-2,6H2. The lowest BCUT2D eigenvalue weighted by molar-refractivity contribution is 0.562. The molecule has 1 saturated carbocycles. The van der Waals surface area contributed by atoms with E-state index in [0.717, 1.165) is 12.5 Å². The highest BCUT2D eigenvalue weighted by atomic mass is 15.3. The number of rotatable bonds is 2. The van der Waals surface area contributed by atoms with Crippen molar-refractivity contribution in [1.82, 2.24) is 9.78 Å². The Bertz CT molecular complexity index is 291. The fraction of sp³-hybridized carbons (Fsp3) is 0.500. The molecule has 1 aliphatic rings. The molecule has 1 fully saturated rings. The quantitative estimate of drug-likeness (QED) is 0.630. The van der Waals surface area contributed by atoms with E-state index >= 15 is 0 Å². The summed E-state index contributed by atoms with van der Waals surface area (Å²) in [5, 5.41) is 12.5. The molecule has 0 bridgehead atoms. The van der Waals surface area contributed by atoms with Gasteiger partial charge in [0, 0.05) is 12.7 Å². The fourth-order valence-electron chi connectivity index (χ4n) is 1.09. The fourth-order valence-corrected chi connectivity index (χ4v) is 1.09. The van der Waals surface area contributed by atoms with Crippen molar-refractivity contribution in [2.45, 2.75) is 19.4 Å². The predicted molar refractivity (Wildman–Crippen MR) is 39.7 cm³/mol. The van der Waals surface area contributed by atoms with Crippen molar-refractivity contribution in [2.24, 2.45) is 5.92 Å². The van der Waals surface area contributed by atoms with E-state index in [1.807, 2.05) is 16.9 Å². The van der Waals surface area contributed by atoms with E-state index in [4.69, 9.17) is 5.26 Å². The molecule has 0 radical (unpaired) electrons. The third-order valence-electron chi connectivity index (χ3n) is 1.90. The van der Waals surface area contributed by atoms with E-state index in [2.05, 4.69) is 5.10 Å². The summed E-state index contributed by atoms with van der Waals surface area (Å²) in [6, 6.07) is 3.76. The third-order valence-corrected chi connectivity index (χ3v) is 1.90. The van der Waals surface area contributed by atoms with E-state index in [1.165, 1.54) is 12.8 Å². The first-order valence-electron chi connectivity index (χ1n) is 3.82. The van der Waals surface area contributed by atoms with Gasteiger partial charge in [0.25, 0.3) is 0 Å². The molecule has 1 aromatic rings. The minimum atomic E-state index is 0.519. The van der Waals surface area contributed by atoms with Gasteiger partial charge in [0.1, 0.15) is 6.07 Å². The Kier molecular flexibility index (Phi) is 1.39. The van der Waals surface area contributed by atoms with Crippen LogP contribution in [0, 0.1) is 17.2 Å². The zero-order valence-corrected chi connectivity index (χ0v) is 6.20. The number of aromatic nitrogens is 2. The van der Waals surface area contributed by atoms with Crippen LogP contribution in [-0.4, -0.2) is 9.78 Å². The largest absolute Gasteiger partial charge is 0.271 e. The Labute approximate surface area is 65.3 Å². The second-order valence-corrected chi connectivity index (χ2v) is 2.98. The van der Waals surface area contributed by atoms with Gasteiger partial charge in [0.15, 0.2) is 5.69 Å². The lowest BCUT2D eigenvalue weighted by Gasteiger charge is -1.95. The van der Waals surface area contributed by atoms with Crippen LogP contribution in [0.1, 0.15) is 18.5 Å². The average Bonchev–Trinajstić information content (AvgIpc) is 2.68. The van der Waals surface area contributed by atoms with E-state index in [-0.39, 0.29) is 0 Å². The third kappa shape index (κ3) is 1.40. The molecule has 2 rings (SSSR count). The zero-order chi connectivity index (χ0) is 7.68. The molecule has 3 nitrogen and oxygen atoms in total. The number of nitriles is 1. The highest BCUT2D eigenvalue weighted by Crippen LogP contribution is 2.30. The van der Waals surface area contributed by atoms with Gasteiger partial charge in [-0.15, -0.1) is 0 Å². The van der Waals surface area contributed by atoms with Gasteiger partial charge in [0.05, 0.1) is 0 Å². The maximum Gasteiger partial charge on any atom is 0.162 e. The van der Waals surface area contributed by atoms with E-state index in [1.54, 1.807) is 6.07 Å². The molecule has 0 aliphatic heterocycles. The highest BCUT2D eigenvalue weighted by Gasteiger charge is 2.21. The lowest BCUT2D eigenvalue weighted by Crippen LogP contribution is -1.99. The monoisotopic (exact) mass is 147 g/mol. The van der Waals surface area contributed by atoms with Crippen molar-refractivity contribution in [3.8, 4) is 6.07 Å². The Morgan fingerprint density at radius 3 is 3.09 bits per heavy atom. The Morgan fingerprint density at radius 2 is 2.55 bits per heavy atom. The molecule has 3 heteroatoms. The van der Waals surface area contributed by atoms with Crippen LogP contribution in [0.3, 0.4) is 0 Å². The second-order valence-electron chi connectivity index (χ2n) is 2.98. The smallest absolute Gasteiger partial charge is 0.162 e. The van der Waals surface area contributed by atoms with Crippen molar-refractivity contribution in [3.63, 3.8) is 0 Å². The molecule has 0 amide bonds. The Morgan fingerprint density at radius 1 is 1.73 bits per heavy atom. The first-order chi connectivity index (χ1) is 5.38. The number of hydrogen-bond donors (Lipinski definition) is 0. The molecule has 0 saturated heterocycles. The molecule has 11 heavy (non-hydrogen) atoms. The topological polar surface area (TPSA) is 41.6 Å². The van der Waals surface area contributed by atoms with Gasteiger partial charge >= 0.3 is 0 Å². The minimum absolute atomic E-state index is 0.519. The normalized spacial score (nSPS) is 16.3. The van der Waals surface area contributed by atoms with Crippen LogP contribution in [0.25, 0.3) is 0 Å². The molecular weight excluding hydrogens is 138 g/mol. The zero-order valence-electron chi connectivity index (χ0n) is 6.20. The van der Waals surface area contributed by atoms with Crippen molar-refractivity contribution >= 4 is 0 Å². The van der Waals surface area contributed by atoms with Gasteiger partial charge < -0.3 is 0 Å². The molecular formula is C8H9N3.